The molecule has 1 spiro atoms. The fourth-order valence-electron chi connectivity index (χ4n) is 11.0. The van der Waals surface area contributed by atoms with Crippen molar-refractivity contribution in [1.29, 1.82) is 0 Å². The van der Waals surface area contributed by atoms with Gasteiger partial charge in [-0.3, -0.25) is 19.2 Å². The molecule has 0 bridgehead atoms. The molecule has 0 aliphatic carbocycles. The number of likely N-dealkylation sites (tertiary alicyclic amines) is 1. The maximum atomic E-state index is 15.6. The van der Waals surface area contributed by atoms with Gasteiger partial charge in [0.25, 0.3) is 5.91 Å². The molecule has 0 radical (unpaired) electrons. The zero-order valence-electron chi connectivity index (χ0n) is 36.0. The molecule has 3 aromatic carbocycles. The number of nitrogens with one attached hydrogen (secondary N) is 4. The van der Waals surface area contributed by atoms with Gasteiger partial charge in [-0.05, 0) is 105 Å². The average molecular weight is 851 g/mol. The fourth-order valence-corrected chi connectivity index (χ4v) is 15.0. The SMILES string of the molecule is COc1ccc([Si](C)(C)[C@H]2[C@H](CC(=O)N3CCC[C@H]3CO)O[C@@]3(C(=O)N(Cc4cccc(NC(=O)C5CCCNC5)c4)c4ccc(NC(=O)C5CCCNC5)cc43)[C@@H]2C)cc1. The Hall–Kier alpha value is -4.60. The molecule has 326 valence electrons. The normalized spacial score (nSPS) is 27.6. The van der Waals surface area contributed by atoms with Gasteiger partial charge in [0.15, 0.2) is 5.60 Å². The highest BCUT2D eigenvalue weighted by atomic mass is 28.3. The van der Waals surface area contributed by atoms with Crippen molar-refractivity contribution >= 4 is 54.0 Å². The summed E-state index contributed by atoms with van der Waals surface area (Å²) in [7, 11) is -0.927. The van der Waals surface area contributed by atoms with Gasteiger partial charge in [0.1, 0.15) is 5.75 Å². The van der Waals surface area contributed by atoms with E-state index < -0.39 is 19.8 Å². The first kappa shape index (κ1) is 43.1. The Morgan fingerprint density at radius 3 is 2.20 bits per heavy atom. The number of aliphatic hydroxyl groups is 1. The first-order valence-corrected chi connectivity index (χ1v) is 25.3. The summed E-state index contributed by atoms with van der Waals surface area (Å²) in [6, 6.07) is 21.2. The van der Waals surface area contributed by atoms with Crippen molar-refractivity contribution in [2.75, 3.05) is 62.0 Å². The third kappa shape index (κ3) is 8.37. The van der Waals surface area contributed by atoms with Gasteiger partial charge in [0.2, 0.25) is 17.7 Å². The van der Waals surface area contributed by atoms with Gasteiger partial charge in [-0.1, -0.05) is 49.5 Å². The van der Waals surface area contributed by atoms with Gasteiger partial charge < -0.3 is 45.6 Å². The number of amides is 4. The van der Waals surface area contributed by atoms with Crippen LogP contribution in [-0.2, 0) is 36.1 Å². The van der Waals surface area contributed by atoms with Gasteiger partial charge in [-0.25, -0.2) is 0 Å². The summed E-state index contributed by atoms with van der Waals surface area (Å²) in [5.74, 6) is -0.276. The summed E-state index contributed by atoms with van der Waals surface area (Å²) in [6.07, 6.45) is 4.56. The van der Waals surface area contributed by atoms with Crippen LogP contribution in [0.15, 0.2) is 66.7 Å². The van der Waals surface area contributed by atoms with Crippen LogP contribution in [0.5, 0.6) is 5.75 Å². The number of methoxy groups -OCH3 is 1. The number of aliphatic hydroxyl groups excluding tert-OH is 1. The molecule has 61 heavy (non-hydrogen) atoms. The van der Waals surface area contributed by atoms with E-state index in [0.29, 0.717) is 42.3 Å². The minimum absolute atomic E-state index is 0.0211. The van der Waals surface area contributed by atoms with Crippen LogP contribution in [0.1, 0.15) is 63.0 Å². The smallest absolute Gasteiger partial charge is 0.264 e. The predicted octanol–water partition coefficient (Wildman–Crippen LogP) is 4.71. The number of nitrogens with zero attached hydrogens (tertiary/aromatic N) is 2. The Bertz CT molecular complexity index is 2100. The average Bonchev–Trinajstić information content (AvgIpc) is 3.94. The van der Waals surface area contributed by atoms with E-state index in [4.69, 9.17) is 9.47 Å². The number of carbonyl (C=O) groups is 4. The number of rotatable bonds is 12. The molecule has 13 nitrogen and oxygen atoms in total. The van der Waals surface area contributed by atoms with Crippen molar-refractivity contribution in [3.05, 3.63) is 77.9 Å². The highest BCUT2D eigenvalue weighted by Gasteiger charge is 2.66. The topological polar surface area (TPSA) is 162 Å². The largest absolute Gasteiger partial charge is 0.497 e. The Morgan fingerprint density at radius 1 is 0.902 bits per heavy atom. The lowest BCUT2D eigenvalue weighted by molar-refractivity contribution is -0.150. The molecule has 4 fully saturated rings. The molecular weight excluding hydrogens is 789 g/mol. The van der Waals surface area contributed by atoms with Crippen LogP contribution in [0, 0.1) is 17.8 Å². The van der Waals surface area contributed by atoms with Crippen molar-refractivity contribution < 1.29 is 33.8 Å². The van der Waals surface area contributed by atoms with E-state index in [9.17, 15) is 19.5 Å². The molecule has 0 aromatic heterocycles. The summed E-state index contributed by atoms with van der Waals surface area (Å²) in [6.45, 7) is 10.5. The number of ether oxygens (including phenoxy) is 2. The Labute approximate surface area is 360 Å². The van der Waals surface area contributed by atoms with Gasteiger partial charge in [-0.2, -0.15) is 0 Å². The Balaban J connectivity index is 1.18. The number of fused-ring (bicyclic) bond motifs is 2. The van der Waals surface area contributed by atoms with E-state index in [1.165, 1.54) is 0 Å². The minimum atomic E-state index is -2.57. The molecule has 5 aliphatic heterocycles. The van der Waals surface area contributed by atoms with E-state index >= 15 is 4.79 Å². The third-order valence-corrected chi connectivity index (χ3v) is 18.6. The van der Waals surface area contributed by atoms with Crippen LogP contribution in [0.2, 0.25) is 18.6 Å². The second-order valence-corrected chi connectivity index (χ2v) is 23.0. The second-order valence-electron chi connectivity index (χ2n) is 18.3. The van der Waals surface area contributed by atoms with Gasteiger partial charge in [-0.15, -0.1) is 0 Å². The number of hydrogen-bond acceptors (Lipinski definition) is 9. The summed E-state index contributed by atoms with van der Waals surface area (Å²) in [5.41, 5.74) is 1.81. The fraction of sp³-hybridized carbons (Fsp3) is 0.532. The molecule has 4 amide bonds. The molecule has 2 unspecified atom stereocenters. The van der Waals surface area contributed by atoms with Crippen molar-refractivity contribution in [3.63, 3.8) is 0 Å². The van der Waals surface area contributed by atoms with Crippen molar-refractivity contribution in [1.82, 2.24) is 15.5 Å². The monoisotopic (exact) mass is 850 g/mol. The highest BCUT2D eigenvalue weighted by Crippen LogP contribution is 2.60. The van der Waals surface area contributed by atoms with Crippen LogP contribution < -0.4 is 36.1 Å². The van der Waals surface area contributed by atoms with Crippen molar-refractivity contribution in [2.45, 2.75) is 94.8 Å². The molecule has 7 atom stereocenters. The standard InChI is InChI=1S/C47H62N6O7Si/c1-30-43(61(3,4)38-17-15-37(59-2)16-18-38)41(25-42(55)52-22-8-13-36(52)29-54)60-47(30)39-24-35(51-45(57)33-11-7-21-49-27-33)14-19-40(39)53(46(47)58)28-31-9-5-12-34(23-31)50-44(56)32-10-6-20-48-26-32/h5,9,12,14-19,23-24,30,32-33,36,41,43,48-49,54H,6-8,10-11,13,20-22,25-29H2,1-4H3,(H,50,56)(H,51,57)/t30-,32?,33?,36+,41+,43-,47+/m1/s1. The number of anilines is 3. The molecule has 5 aliphatic rings. The lowest BCUT2D eigenvalue weighted by atomic mass is 9.82. The minimum Gasteiger partial charge on any atom is -0.497 e. The third-order valence-electron chi connectivity index (χ3n) is 14.3. The number of carbonyl (C=O) groups excluding carboxylic acids is 4. The zero-order valence-corrected chi connectivity index (χ0v) is 37.0. The van der Waals surface area contributed by atoms with Gasteiger partial charge in [0, 0.05) is 42.5 Å². The van der Waals surface area contributed by atoms with E-state index in [-0.39, 0.29) is 72.5 Å². The van der Waals surface area contributed by atoms with Gasteiger partial charge >= 0.3 is 0 Å². The van der Waals surface area contributed by atoms with Crippen LogP contribution in [0.25, 0.3) is 0 Å². The number of piperidine rings is 2. The molecule has 4 saturated heterocycles. The maximum absolute atomic E-state index is 15.6. The van der Waals surface area contributed by atoms with Crippen molar-refractivity contribution in [3.8, 4) is 5.75 Å². The van der Waals surface area contributed by atoms with Crippen LogP contribution in [0.4, 0.5) is 17.1 Å². The summed E-state index contributed by atoms with van der Waals surface area (Å²) in [4.78, 5) is 60.3. The molecule has 14 heteroatoms. The first-order valence-electron chi connectivity index (χ1n) is 22.3. The highest BCUT2D eigenvalue weighted by molar-refractivity contribution is 6.91. The van der Waals surface area contributed by atoms with E-state index in [1.807, 2.05) is 54.6 Å². The lowest BCUT2D eigenvalue weighted by Gasteiger charge is -2.37. The predicted molar refractivity (Wildman–Crippen MR) is 239 cm³/mol. The summed E-state index contributed by atoms with van der Waals surface area (Å²) < 4.78 is 12.9. The lowest BCUT2D eigenvalue weighted by Crippen LogP contribution is -2.52. The van der Waals surface area contributed by atoms with E-state index in [1.54, 1.807) is 16.9 Å². The number of hydrogen-bond donors (Lipinski definition) is 5. The zero-order chi connectivity index (χ0) is 42.9. The van der Waals surface area contributed by atoms with Crippen LogP contribution in [-0.4, -0.2) is 100 Å². The van der Waals surface area contributed by atoms with E-state index in [0.717, 1.165) is 68.1 Å². The summed E-state index contributed by atoms with van der Waals surface area (Å²) >= 11 is 0. The van der Waals surface area contributed by atoms with E-state index in [2.05, 4.69) is 53.4 Å². The molecule has 5 heterocycles. The summed E-state index contributed by atoms with van der Waals surface area (Å²) in [5, 5.41) is 24.3. The maximum Gasteiger partial charge on any atom is 0.264 e. The molecule has 3 aromatic rings. The second kappa shape index (κ2) is 18.0. The van der Waals surface area contributed by atoms with Crippen LogP contribution in [0.3, 0.4) is 0 Å². The van der Waals surface area contributed by atoms with Gasteiger partial charge in [0.05, 0.1) is 64.4 Å². The first-order chi connectivity index (χ1) is 29.4. The quantitative estimate of drug-likeness (QED) is 0.163. The molecule has 5 N–H and O–H groups in total. The Morgan fingerprint density at radius 2 is 1.57 bits per heavy atom. The van der Waals surface area contributed by atoms with Crippen LogP contribution >= 0.6 is 0 Å². The Kier molecular flexibility index (Phi) is 12.7. The molecular formula is C47H62N6O7Si. The van der Waals surface area contributed by atoms with Crippen molar-refractivity contribution in [2.24, 2.45) is 17.8 Å². The molecule has 8 rings (SSSR count). The molecule has 0 saturated carbocycles. The number of benzene rings is 3.